The molecule has 1 aromatic heterocycles. The molecule has 9 rings (SSSR count). The van der Waals surface area contributed by atoms with E-state index in [1.165, 1.54) is 53.4 Å². The maximum atomic E-state index is 6.96. The van der Waals surface area contributed by atoms with Crippen molar-refractivity contribution >= 4 is 70.6 Å². The van der Waals surface area contributed by atoms with Crippen molar-refractivity contribution in [2.75, 3.05) is 0 Å². The number of rotatable bonds is 5. The summed E-state index contributed by atoms with van der Waals surface area (Å²) in [5.74, 6) is 0. The molecule has 0 unspecified atom stereocenters. The Hall–Kier alpha value is -4.71. The summed E-state index contributed by atoms with van der Waals surface area (Å²) >= 11 is -1.86. The first-order valence-electron chi connectivity index (χ1n) is 15.3. The first-order valence-corrected chi connectivity index (χ1v) is 20.6. The molecule has 1 aliphatic heterocycles. The van der Waals surface area contributed by atoms with Crippen LogP contribution >= 0.6 is 19.8 Å². The summed E-state index contributed by atoms with van der Waals surface area (Å²) in [6, 6.07) is 65.2. The summed E-state index contributed by atoms with van der Waals surface area (Å²) in [4.78, 5) is 0. The monoisotopic (exact) mass is 704 g/mol. The summed E-state index contributed by atoms with van der Waals surface area (Å²) in [5.41, 5.74) is 4.77. The molecule has 0 fully saturated rings. The summed E-state index contributed by atoms with van der Waals surface area (Å²) in [7, 11) is -2.75. The predicted molar refractivity (Wildman–Crippen MR) is 199 cm³/mol. The van der Waals surface area contributed by atoms with Gasteiger partial charge in [0, 0.05) is 0 Å². The molecule has 214 valence electrons. The van der Waals surface area contributed by atoms with Crippen LogP contribution in [-0.4, -0.2) is 8.07 Å². The maximum absolute atomic E-state index is 6.96. The summed E-state index contributed by atoms with van der Waals surface area (Å²) < 4.78 is 11.5. The Kier molecular flexibility index (Phi) is 6.35. The van der Waals surface area contributed by atoms with E-state index >= 15 is 0 Å². The third-order valence-electron chi connectivity index (χ3n) is 9.15. The van der Waals surface area contributed by atoms with Gasteiger partial charge in [0.1, 0.15) is 0 Å². The van der Waals surface area contributed by atoms with Gasteiger partial charge >= 0.3 is 273 Å². The van der Waals surface area contributed by atoms with Crippen LogP contribution < -0.4 is 20.7 Å². The molecule has 2 heterocycles. The fourth-order valence-electron chi connectivity index (χ4n) is 7.25. The molecule has 0 atom stereocenters. The van der Waals surface area contributed by atoms with Gasteiger partial charge in [0.25, 0.3) is 0 Å². The molecular weight excluding hydrogens is 675 g/mol. The Morgan fingerprint density at radius 1 is 0.422 bits per heavy atom. The van der Waals surface area contributed by atoms with Gasteiger partial charge in [-0.1, -0.05) is 0 Å². The quantitative estimate of drug-likeness (QED) is 0.0998. The van der Waals surface area contributed by atoms with Crippen LogP contribution in [0.4, 0.5) is 0 Å². The molecule has 7 aromatic carbocycles. The molecule has 45 heavy (non-hydrogen) atoms. The number of halogens is 1. The van der Waals surface area contributed by atoms with E-state index in [9.17, 15) is 0 Å². The molecule has 0 spiro atoms. The molecule has 3 heteroatoms. The topological polar surface area (TPSA) is 13.1 Å². The van der Waals surface area contributed by atoms with Gasteiger partial charge in [0.05, 0.1) is 0 Å². The Bertz CT molecular complexity index is 2180. The van der Waals surface area contributed by atoms with E-state index in [1.54, 1.807) is 0 Å². The fourth-order valence-corrected chi connectivity index (χ4v) is 18.5. The van der Waals surface area contributed by atoms with E-state index < -0.39 is 27.9 Å². The van der Waals surface area contributed by atoms with Crippen molar-refractivity contribution in [3.8, 4) is 11.1 Å². The number of benzene rings is 7. The summed E-state index contributed by atoms with van der Waals surface area (Å²) in [5, 5.41) is 7.74. The van der Waals surface area contributed by atoms with Gasteiger partial charge in [-0.25, -0.2) is 0 Å². The zero-order valence-electron chi connectivity index (χ0n) is 24.5. The molecule has 0 amide bonds. The van der Waals surface area contributed by atoms with Gasteiger partial charge in [-0.15, -0.1) is 0 Å². The van der Waals surface area contributed by atoms with E-state index in [1.807, 2.05) is 0 Å². The Morgan fingerprint density at radius 2 is 0.933 bits per heavy atom. The molecule has 0 saturated carbocycles. The average molecular weight is 705 g/mol. The summed E-state index contributed by atoms with van der Waals surface area (Å²) in [6.45, 7) is 0. The average Bonchev–Trinajstić information content (AvgIpc) is 3.66. The zero-order valence-corrected chi connectivity index (χ0v) is 27.7. The van der Waals surface area contributed by atoms with E-state index in [0.717, 1.165) is 11.2 Å². The normalized spacial score (nSPS) is 13.2. The van der Waals surface area contributed by atoms with Crippen molar-refractivity contribution in [1.82, 2.24) is 0 Å². The van der Waals surface area contributed by atoms with E-state index in [-0.39, 0.29) is 0 Å². The van der Waals surface area contributed by atoms with E-state index in [4.69, 9.17) is 4.42 Å². The Labute approximate surface area is 271 Å². The van der Waals surface area contributed by atoms with Crippen molar-refractivity contribution in [3.05, 3.63) is 187 Å². The molecule has 0 bridgehead atoms. The van der Waals surface area contributed by atoms with Crippen LogP contribution in [0, 0.1) is 10.7 Å². The van der Waals surface area contributed by atoms with Crippen LogP contribution in [0.1, 0.15) is 0 Å². The molecule has 0 N–H and O–H groups in total. The minimum absolute atomic E-state index is 0.954. The fraction of sp³-hybridized carbons (Fsp3) is 0. The molecule has 0 aliphatic carbocycles. The first-order chi connectivity index (χ1) is 22.3. The van der Waals surface area contributed by atoms with Crippen molar-refractivity contribution in [2.45, 2.75) is 0 Å². The standard InChI is InChI=1S/C42H29IOSi/c1-4-15-31(16-5-1)45(32-17-6-2-7-18-32,33-19-8-3-9-20-33)41-26-14-23-36-37-29-30(27-28-40(37)44-42(36)41)43-38-24-12-10-21-34(38)35-22-11-13-25-39(35)43/h1-29H. The molecule has 0 saturated heterocycles. The van der Waals surface area contributed by atoms with Crippen LogP contribution in [-0.2, 0) is 0 Å². The SMILES string of the molecule is c1ccc([Si](c2ccccc2)(c2ccccc2)c2cccc3c2oc2ccc(I4c5ccccc5-c5ccccc54)cc23)cc1. The third kappa shape index (κ3) is 4.04. The van der Waals surface area contributed by atoms with Crippen LogP contribution in [0.5, 0.6) is 0 Å². The van der Waals surface area contributed by atoms with Gasteiger partial charge in [-0.3, -0.25) is 0 Å². The van der Waals surface area contributed by atoms with Crippen LogP contribution in [0.15, 0.2) is 180 Å². The Balaban J connectivity index is 1.32. The zero-order chi connectivity index (χ0) is 29.8. The van der Waals surface area contributed by atoms with Crippen LogP contribution in [0.25, 0.3) is 33.1 Å². The second kappa shape index (κ2) is 10.7. The van der Waals surface area contributed by atoms with Gasteiger partial charge in [-0.05, 0) is 0 Å². The van der Waals surface area contributed by atoms with E-state index in [0.29, 0.717) is 0 Å². The Morgan fingerprint density at radius 3 is 1.49 bits per heavy atom. The van der Waals surface area contributed by atoms with Crippen molar-refractivity contribution in [2.24, 2.45) is 0 Å². The van der Waals surface area contributed by atoms with Crippen LogP contribution in [0.2, 0.25) is 0 Å². The van der Waals surface area contributed by atoms with Gasteiger partial charge in [0.2, 0.25) is 0 Å². The van der Waals surface area contributed by atoms with Crippen LogP contribution in [0.3, 0.4) is 0 Å². The number of furan rings is 1. The molecule has 1 aliphatic rings. The number of hydrogen-bond donors (Lipinski definition) is 0. The van der Waals surface area contributed by atoms with Gasteiger partial charge in [0.15, 0.2) is 0 Å². The third-order valence-corrected chi connectivity index (χ3v) is 20.1. The second-order valence-corrected chi connectivity index (χ2v) is 20.5. The predicted octanol–water partition coefficient (Wildman–Crippen LogP) is 8.36. The second-order valence-electron chi connectivity index (χ2n) is 11.5. The van der Waals surface area contributed by atoms with Crippen molar-refractivity contribution in [1.29, 1.82) is 0 Å². The van der Waals surface area contributed by atoms with Gasteiger partial charge < -0.3 is 0 Å². The van der Waals surface area contributed by atoms with Crippen molar-refractivity contribution < 1.29 is 4.42 Å². The molecule has 1 nitrogen and oxygen atoms in total. The first kappa shape index (κ1) is 26.7. The molecular formula is C42H29IOSi. The van der Waals surface area contributed by atoms with Crippen molar-refractivity contribution in [3.63, 3.8) is 0 Å². The van der Waals surface area contributed by atoms with Gasteiger partial charge in [-0.2, -0.15) is 0 Å². The number of hydrogen-bond acceptors (Lipinski definition) is 1. The number of fused-ring (bicyclic) bond motifs is 6. The summed E-state index contributed by atoms with van der Waals surface area (Å²) in [6.07, 6.45) is 0. The number of para-hydroxylation sites is 1. The minimum atomic E-state index is -2.75. The molecule has 8 aromatic rings. The van der Waals surface area contributed by atoms with E-state index in [2.05, 4.69) is 176 Å². The molecule has 0 radical (unpaired) electrons.